The molecule has 2 atom stereocenters. The second-order valence-electron chi connectivity index (χ2n) is 5.30. The molecule has 1 aromatic rings. The van der Waals surface area contributed by atoms with E-state index in [1.165, 1.54) is 23.1 Å². The number of hydrogen-bond acceptors (Lipinski definition) is 4. The number of nitrogens with zero attached hydrogens (tertiary/aromatic N) is 2. The van der Waals surface area contributed by atoms with Crippen LogP contribution in [0.5, 0.6) is 0 Å². The third-order valence-corrected chi connectivity index (χ3v) is 3.42. The van der Waals surface area contributed by atoms with Crippen LogP contribution >= 0.6 is 0 Å². The van der Waals surface area contributed by atoms with Crippen LogP contribution in [-0.4, -0.2) is 55.4 Å². The first-order valence-corrected chi connectivity index (χ1v) is 6.80. The van der Waals surface area contributed by atoms with Crippen molar-refractivity contribution in [3.05, 3.63) is 34.4 Å². The van der Waals surface area contributed by atoms with Gasteiger partial charge in [-0.2, -0.15) is 0 Å². The van der Waals surface area contributed by atoms with Crippen LogP contribution in [0.2, 0.25) is 0 Å². The van der Waals surface area contributed by atoms with Crippen LogP contribution in [0.3, 0.4) is 0 Å². The van der Waals surface area contributed by atoms with Gasteiger partial charge in [-0.25, -0.2) is 0 Å². The lowest BCUT2D eigenvalue weighted by Gasteiger charge is -2.22. The maximum atomic E-state index is 12.2. The second-order valence-corrected chi connectivity index (χ2v) is 5.30. The highest BCUT2D eigenvalue weighted by atomic mass is 16.6. The number of hydrogen-bond donors (Lipinski definition) is 2. The zero-order chi connectivity index (χ0) is 16.9. The van der Waals surface area contributed by atoms with Crippen molar-refractivity contribution < 1.29 is 19.4 Å². The third-order valence-electron chi connectivity index (χ3n) is 3.42. The molecule has 0 radical (unpaired) electrons. The summed E-state index contributed by atoms with van der Waals surface area (Å²) in [6.45, 7) is 1.83. The molecule has 0 saturated carbocycles. The molecule has 1 rings (SSSR count). The lowest BCUT2D eigenvalue weighted by molar-refractivity contribution is -0.886. The van der Waals surface area contributed by atoms with Gasteiger partial charge in [-0.05, 0) is 13.0 Å². The summed E-state index contributed by atoms with van der Waals surface area (Å²) in [6, 6.07) is 5.42. The molecule has 120 valence electrons. The lowest BCUT2D eigenvalue weighted by atomic mass is 10.2. The number of amides is 2. The highest BCUT2D eigenvalue weighted by molar-refractivity contribution is 5.95. The van der Waals surface area contributed by atoms with E-state index in [9.17, 15) is 19.7 Å². The SMILES string of the molecule is C[C@@H](C(=O)Nc1ccccc1[N+](=O)[O-])[NH+](C)CC(=O)N(C)C. The number of anilines is 1. The summed E-state index contributed by atoms with van der Waals surface area (Å²) >= 11 is 0. The molecule has 0 aliphatic carbocycles. The summed E-state index contributed by atoms with van der Waals surface area (Å²) in [5.74, 6) is -0.471. The molecule has 1 unspecified atom stereocenters. The van der Waals surface area contributed by atoms with Crippen LogP contribution in [0.15, 0.2) is 24.3 Å². The molecule has 2 N–H and O–H groups in total. The lowest BCUT2D eigenvalue weighted by Crippen LogP contribution is -3.15. The van der Waals surface area contributed by atoms with Crippen LogP contribution in [0.1, 0.15) is 6.92 Å². The molecule has 0 heterocycles. The first-order chi connectivity index (χ1) is 10.2. The largest absolute Gasteiger partial charge is 0.344 e. The van der Waals surface area contributed by atoms with Crippen LogP contribution in [0, 0.1) is 10.1 Å². The minimum atomic E-state index is -0.549. The van der Waals surface area contributed by atoms with E-state index in [1.807, 2.05) is 0 Å². The molecule has 0 aromatic heterocycles. The number of nitrogens with one attached hydrogen (secondary N) is 2. The monoisotopic (exact) mass is 309 g/mol. The van der Waals surface area contributed by atoms with E-state index in [1.54, 1.807) is 34.1 Å². The van der Waals surface area contributed by atoms with Crippen molar-refractivity contribution >= 4 is 23.2 Å². The van der Waals surface area contributed by atoms with E-state index in [4.69, 9.17) is 0 Å². The molecule has 1 aromatic carbocycles. The Bertz CT molecular complexity index is 574. The van der Waals surface area contributed by atoms with Crippen LogP contribution in [-0.2, 0) is 9.59 Å². The Hall–Kier alpha value is -2.48. The van der Waals surface area contributed by atoms with Crippen LogP contribution < -0.4 is 10.2 Å². The fourth-order valence-corrected chi connectivity index (χ4v) is 1.75. The van der Waals surface area contributed by atoms with Gasteiger partial charge in [0.15, 0.2) is 12.6 Å². The number of rotatable bonds is 6. The Balaban J connectivity index is 2.76. The van der Waals surface area contributed by atoms with Crippen molar-refractivity contribution in [2.24, 2.45) is 0 Å². The number of carbonyl (C=O) groups excluding carboxylic acids is 2. The molecule has 0 aliphatic rings. The van der Waals surface area contributed by atoms with E-state index in [0.717, 1.165) is 0 Å². The Kier molecular flexibility index (Phi) is 6.00. The van der Waals surface area contributed by atoms with E-state index in [0.29, 0.717) is 4.90 Å². The molecule has 0 fully saturated rings. The summed E-state index contributed by atoms with van der Waals surface area (Å²) in [4.78, 5) is 36.4. The predicted octanol–water partition coefficient (Wildman–Crippen LogP) is -0.475. The number of likely N-dealkylation sites (N-methyl/N-ethyl adjacent to an activating group) is 2. The van der Waals surface area contributed by atoms with E-state index < -0.39 is 11.0 Å². The minimum Gasteiger partial charge on any atom is -0.344 e. The van der Waals surface area contributed by atoms with E-state index in [-0.39, 0.29) is 29.7 Å². The molecular formula is C14H21N4O4+. The van der Waals surface area contributed by atoms with Gasteiger partial charge in [0.1, 0.15) is 5.69 Å². The Morgan fingerprint density at radius 2 is 1.95 bits per heavy atom. The van der Waals surface area contributed by atoms with Crippen molar-refractivity contribution in [3.8, 4) is 0 Å². The fourth-order valence-electron chi connectivity index (χ4n) is 1.75. The summed E-state index contributed by atoms with van der Waals surface area (Å²) in [5, 5.41) is 13.5. The molecule has 22 heavy (non-hydrogen) atoms. The number of quaternary nitrogens is 1. The van der Waals surface area contributed by atoms with E-state index in [2.05, 4.69) is 5.32 Å². The minimum absolute atomic E-state index is 0.0946. The second kappa shape index (κ2) is 7.51. The summed E-state index contributed by atoms with van der Waals surface area (Å²) in [7, 11) is 5.02. The number of nitro benzene ring substituents is 1. The molecule has 8 heteroatoms. The molecule has 0 saturated heterocycles. The Morgan fingerprint density at radius 3 is 2.50 bits per heavy atom. The Labute approximate surface area is 128 Å². The van der Waals surface area contributed by atoms with Gasteiger partial charge in [-0.15, -0.1) is 0 Å². The first kappa shape index (κ1) is 17.6. The van der Waals surface area contributed by atoms with Gasteiger partial charge in [0.05, 0.1) is 12.0 Å². The van der Waals surface area contributed by atoms with Crippen LogP contribution in [0.25, 0.3) is 0 Å². The number of benzene rings is 1. The smallest absolute Gasteiger partial charge is 0.292 e. The number of carbonyl (C=O) groups is 2. The van der Waals surface area contributed by atoms with Gasteiger partial charge in [0.25, 0.3) is 17.5 Å². The predicted molar refractivity (Wildman–Crippen MR) is 81.6 cm³/mol. The fraction of sp³-hybridized carbons (Fsp3) is 0.429. The molecule has 2 amide bonds. The summed E-state index contributed by atoms with van der Waals surface area (Å²) < 4.78 is 0. The molecule has 0 bridgehead atoms. The van der Waals surface area contributed by atoms with Crippen molar-refractivity contribution in [2.75, 3.05) is 33.0 Å². The average Bonchev–Trinajstić information content (AvgIpc) is 2.46. The van der Waals surface area contributed by atoms with Crippen molar-refractivity contribution in [1.82, 2.24) is 4.90 Å². The quantitative estimate of drug-likeness (QED) is 0.548. The van der Waals surface area contributed by atoms with Crippen molar-refractivity contribution in [1.29, 1.82) is 0 Å². The number of para-hydroxylation sites is 2. The average molecular weight is 309 g/mol. The normalized spacial score (nSPS) is 13.1. The summed E-state index contributed by atoms with van der Waals surface area (Å²) in [5.41, 5.74) is -0.0128. The van der Waals surface area contributed by atoms with Gasteiger partial charge in [-0.3, -0.25) is 19.7 Å². The topological polar surface area (TPSA) is 97.0 Å². The highest BCUT2D eigenvalue weighted by Gasteiger charge is 2.26. The number of nitro groups is 1. The summed E-state index contributed by atoms with van der Waals surface area (Å²) in [6.07, 6.45) is 0. The first-order valence-electron chi connectivity index (χ1n) is 6.80. The molecule has 0 aliphatic heterocycles. The van der Waals surface area contributed by atoms with Gasteiger partial charge < -0.3 is 15.1 Å². The molecule has 8 nitrogen and oxygen atoms in total. The van der Waals surface area contributed by atoms with Gasteiger partial charge in [0.2, 0.25) is 0 Å². The maximum absolute atomic E-state index is 12.2. The van der Waals surface area contributed by atoms with Gasteiger partial charge >= 0.3 is 0 Å². The Morgan fingerprint density at radius 1 is 1.36 bits per heavy atom. The highest BCUT2D eigenvalue weighted by Crippen LogP contribution is 2.22. The standard InChI is InChI=1S/C14H20N4O4/c1-10(17(4)9-13(19)16(2)3)14(20)15-11-7-5-6-8-12(11)18(21)22/h5-8,10H,9H2,1-4H3,(H,15,20)/p+1/t10-/m0/s1. The van der Waals surface area contributed by atoms with Crippen LogP contribution in [0.4, 0.5) is 11.4 Å². The van der Waals surface area contributed by atoms with Crippen molar-refractivity contribution in [2.45, 2.75) is 13.0 Å². The molecular weight excluding hydrogens is 288 g/mol. The van der Waals surface area contributed by atoms with E-state index >= 15 is 0 Å². The van der Waals surface area contributed by atoms with Gasteiger partial charge in [0, 0.05) is 20.2 Å². The zero-order valence-electron chi connectivity index (χ0n) is 13.1. The third kappa shape index (κ3) is 4.52. The molecule has 0 spiro atoms. The van der Waals surface area contributed by atoms with Crippen molar-refractivity contribution in [3.63, 3.8) is 0 Å². The maximum Gasteiger partial charge on any atom is 0.292 e. The zero-order valence-corrected chi connectivity index (χ0v) is 13.1. The van der Waals surface area contributed by atoms with Gasteiger partial charge in [-0.1, -0.05) is 12.1 Å².